The summed E-state index contributed by atoms with van der Waals surface area (Å²) >= 11 is 0. The largest absolute Gasteiger partial charge is 0.316 e. The van der Waals surface area contributed by atoms with Crippen molar-refractivity contribution >= 4 is 0 Å². The molecule has 0 aromatic heterocycles. The minimum atomic E-state index is 0.988. The van der Waals surface area contributed by atoms with E-state index in [1.54, 1.807) is 0 Å². The number of nitrogens with one attached hydrogen (secondary N) is 2. The fourth-order valence-corrected chi connectivity index (χ4v) is 2.42. The average molecular weight is 182 g/mol. The number of hydrogen-bond acceptors (Lipinski definition) is 2. The van der Waals surface area contributed by atoms with Gasteiger partial charge in [-0.1, -0.05) is 6.42 Å². The zero-order valence-electron chi connectivity index (χ0n) is 8.52. The molecule has 0 bridgehead atoms. The first-order chi connectivity index (χ1) is 6.45. The molecule has 0 saturated carbocycles. The maximum Gasteiger partial charge on any atom is -0.000826 e. The van der Waals surface area contributed by atoms with Crippen molar-refractivity contribution in [3.05, 3.63) is 0 Å². The van der Waals surface area contributed by atoms with Crippen LogP contribution in [-0.2, 0) is 0 Å². The summed E-state index contributed by atoms with van der Waals surface area (Å²) in [6.07, 6.45) is 7.25. The molecule has 1 atom stereocenters. The Balaban J connectivity index is 1.50. The van der Waals surface area contributed by atoms with Gasteiger partial charge in [0.1, 0.15) is 0 Å². The van der Waals surface area contributed by atoms with Gasteiger partial charge in [-0.3, -0.25) is 0 Å². The lowest BCUT2D eigenvalue weighted by molar-refractivity contribution is 0.290. The van der Waals surface area contributed by atoms with Gasteiger partial charge in [-0.05, 0) is 63.7 Å². The lowest BCUT2D eigenvalue weighted by atomic mass is 9.90. The Morgan fingerprint density at radius 3 is 2.31 bits per heavy atom. The normalized spacial score (nSPS) is 30.0. The second-order valence-corrected chi connectivity index (χ2v) is 4.67. The van der Waals surface area contributed by atoms with Crippen LogP contribution < -0.4 is 10.6 Å². The van der Waals surface area contributed by atoms with Crippen LogP contribution in [0.4, 0.5) is 0 Å². The molecule has 2 heterocycles. The number of rotatable bonds is 4. The number of piperidine rings is 1. The summed E-state index contributed by atoms with van der Waals surface area (Å²) in [6.45, 7) is 5.10. The Hall–Kier alpha value is -0.0800. The van der Waals surface area contributed by atoms with E-state index in [1.807, 2.05) is 0 Å². The van der Waals surface area contributed by atoms with Gasteiger partial charge in [0.05, 0.1) is 0 Å². The van der Waals surface area contributed by atoms with E-state index in [0.717, 1.165) is 11.8 Å². The first kappa shape index (κ1) is 9.47. The van der Waals surface area contributed by atoms with E-state index < -0.39 is 0 Å². The summed E-state index contributed by atoms with van der Waals surface area (Å²) in [7, 11) is 0. The topological polar surface area (TPSA) is 24.1 Å². The molecule has 0 aliphatic carbocycles. The van der Waals surface area contributed by atoms with Gasteiger partial charge in [0.15, 0.2) is 0 Å². The van der Waals surface area contributed by atoms with Gasteiger partial charge >= 0.3 is 0 Å². The Kier molecular flexibility index (Phi) is 3.62. The summed E-state index contributed by atoms with van der Waals surface area (Å²) in [4.78, 5) is 0. The van der Waals surface area contributed by atoms with Crippen molar-refractivity contribution in [1.82, 2.24) is 10.6 Å². The van der Waals surface area contributed by atoms with Crippen molar-refractivity contribution in [1.29, 1.82) is 0 Å². The maximum absolute atomic E-state index is 3.49. The van der Waals surface area contributed by atoms with Gasteiger partial charge in [0, 0.05) is 0 Å². The Morgan fingerprint density at radius 2 is 1.69 bits per heavy atom. The van der Waals surface area contributed by atoms with Crippen molar-refractivity contribution < 1.29 is 0 Å². The first-order valence-corrected chi connectivity index (χ1v) is 5.86. The van der Waals surface area contributed by atoms with E-state index >= 15 is 0 Å². The molecule has 2 aliphatic heterocycles. The molecular weight excluding hydrogens is 160 g/mol. The minimum absolute atomic E-state index is 0.988. The standard InChI is InChI=1S/C11H22N2/c1(4-11-8-13-9-11)3-10-5-2-6-12-7-10/h10-13H,1-9H2. The second kappa shape index (κ2) is 4.97. The average Bonchev–Trinajstić information content (AvgIpc) is 2.11. The van der Waals surface area contributed by atoms with Crippen LogP contribution in [0.15, 0.2) is 0 Å². The molecule has 1 unspecified atom stereocenters. The van der Waals surface area contributed by atoms with Crippen LogP contribution in [0.5, 0.6) is 0 Å². The van der Waals surface area contributed by atoms with Gasteiger partial charge in [0.2, 0.25) is 0 Å². The van der Waals surface area contributed by atoms with Crippen molar-refractivity contribution in [3.8, 4) is 0 Å². The molecule has 13 heavy (non-hydrogen) atoms. The van der Waals surface area contributed by atoms with Crippen LogP contribution >= 0.6 is 0 Å². The van der Waals surface area contributed by atoms with Gasteiger partial charge in [-0.15, -0.1) is 0 Å². The molecular formula is C11H22N2. The molecule has 0 aromatic carbocycles. The molecule has 2 rings (SSSR count). The van der Waals surface area contributed by atoms with Gasteiger partial charge in [0.25, 0.3) is 0 Å². The number of hydrogen-bond donors (Lipinski definition) is 2. The lowest BCUT2D eigenvalue weighted by Crippen LogP contribution is -2.41. The van der Waals surface area contributed by atoms with Crippen molar-refractivity contribution in [2.24, 2.45) is 11.8 Å². The molecule has 0 amide bonds. The zero-order chi connectivity index (χ0) is 8.93. The first-order valence-electron chi connectivity index (χ1n) is 5.86. The fourth-order valence-electron chi connectivity index (χ4n) is 2.42. The van der Waals surface area contributed by atoms with E-state index in [4.69, 9.17) is 0 Å². The summed E-state index contributed by atoms with van der Waals surface area (Å²) in [5.74, 6) is 2.00. The highest BCUT2D eigenvalue weighted by Gasteiger charge is 2.17. The Morgan fingerprint density at radius 1 is 0.923 bits per heavy atom. The third-order valence-electron chi connectivity index (χ3n) is 3.49. The minimum Gasteiger partial charge on any atom is -0.316 e. The van der Waals surface area contributed by atoms with Gasteiger partial charge in [-0.25, -0.2) is 0 Å². The molecule has 2 nitrogen and oxygen atoms in total. The van der Waals surface area contributed by atoms with Crippen LogP contribution in [0.25, 0.3) is 0 Å². The van der Waals surface area contributed by atoms with E-state index in [9.17, 15) is 0 Å². The summed E-state index contributed by atoms with van der Waals surface area (Å²) in [5, 5.41) is 6.83. The quantitative estimate of drug-likeness (QED) is 0.686. The monoisotopic (exact) mass is 182 g/mol. The third kappa shape index (κ3) is 2.96. The van der Waals surface area contributed by atoms with Crippen LogP contribution in [0.1, 0.15) is 32.1 Å². The third-order valence-corrected chi connectivity index (χ3v) is 3.49. The van der Waals surface area contributed by atoms with Gasteiger partial charge in [-0.2, -0.15) is 0 Å². The predicted octanol–water partition coefficient (Wildman–Crippen LogP) is 1.38. The van der Waals surface area contributed by atoms with E-state index in [1.165, 1.54) is 58.3 Å². The van der Waals surface area contributed by atoms with E-state index in [-0.39, 0.29) is 0 Å². The predicted molar refractivity (Wildman–Crippen MR) is 55.8 cm³/mol. The SMILES string of the molecule is C1CNCC(CCCC2CNC2)C1. The Bertz CT molecular complexity index is 137. The molecule has 76 valence electrons. The highest BCUT2D eigenvalue weighted by Crippen LogP contribution is 2.20. The van der Waals surface area contributed by atoms with Crippen LogP contribution in [0.3, 0.4) is 0 Å². The van der Waals surface area contributed by atoms with Crippen LogP contribution in [-0.4, -0.2) is 26.2 Å². The summed E-state index contributed by atoms with van der Waals surface area (Å²) in [6, 6.07) is 0. The highest BCUT2D eigenvalue weighted by molar-refractivity contribution is 4.75. The van der Waals surface area contributed by atoms with Crippen molar-refractivity contribution in [3.63, 3.8) is 0 Å². The molecule has 0 radical (unpaired) electrons. The van der Waals surface area contributed by atoms with E-state index in [0.29, 0.717) is 0 Å². The molecule has 0 spiro atoms. The summed E-state index contributed by atoms with van der Waals surface area (Å²) < 4.78 is 0. The molecule has 2 heteroatoms. The highest BCUT2D eigenvalue weighted by atomic mass is 14.9. The maximum atomic E-state index is 3.49. The fraction of sp³-hybridized carbons (Fsp3) is 1.00. The Labute approximate surface area is 81.5 Å². The second-order valence-electron chi connectivity index (χ2n) is 4.67. The van der Waals surface area contributed by atoms with Crippen molar-refractivity contribution in [2.45, 2.75) is 32.1 Å². The smallest absolute Gasteiger partial charge is 0.000826 e. The molecule has 0 aromatic rings. The molecule has 2 aliphatic rings. The zero-order valence-corrected chi connectivity index (χ0v) is 8.52. The molecule has 2 N–H and O–H groups in total. The van der Waals surface area contributed by atoms with E-state index in [2.05, 4.69) is 10.6 Å². The molecule has 2 saturated heterocycles. The lowest BCUT2D eigenvalue weighted by Gasteiger charge is -2.28. The van der Waals surface area contributed by atoms with Gasteiger partial charge < -0.3 is 10.6 Å². The van der Waals surface area contributed by atoms with Crippen LogP contribution in [0, 0.1) is 11.8 Å². The summed E-state index contributed by atoms with van der Waals surface area (Å²) in [5.41, 5.74) is 0. The molecule has 2 fully saturated rings. The van der Waals surface area contributed by atoms with Crippen molar-refractivity contribution in [2.75, 3.05) is 26.2 Å². The van der Waals surface area contributed by atoms with Crippen LogP contribution in [0.2, 0.25) is 0 Å².